The molecule has 5 nitrogen and oxygen atoms in total. The molecule has 2 aliphatic heterocycles. The van der Waals surface area contributed by atoms with Gasteiger partial charge in [0.15, 0.2) is 23.6 Å². The lowest BCUT2D eigenvalue weighted by atomic mass is 9.68. The van der Waals surface area contributed by atoms with Crippen LogP contribution in [0, 0.1) is 5.41 Å². The molecule has 0 radical (unpaired) electrons. The summed E-state index contributed by atoms with van der Waals surface area (Å²) in [4.78, 5) is 7.27. The van der Waals surface area contributed by atoms with Gasteiger partial charge in [-0.2, -0.15) is 0 Å². The van der Waals surface area contributed by atoms with Crippen LogP contribution in [-0.4, -0.2) is 49.7 Å². The quantitative estimate of drug-likeness (QED) is 0.684. The van der Waals surface area contributed by atoms with E-state index in [1.54, 1.807) is 0 Å². The van der Waals surface area contributed by atoms with Gasteiger partial charge >= 0.3 is 0 Å². The van der Waals surface area contributed by atoms with Crippen LogP contribution in [0.25, 0.3) is 0 Å². The predicted octanol–water partition coefficient (Wildman–Crippen LogP) is 2.67. The highest BCUT2D eigenvalue weighted by Crippen LogP contribution is 2.47. The molecule has 1 aromatic rings. The van der Waals surface area contributed by atoms with E-state index in [4.69, 9.17) is 14.5 Å². The second-order valence-corrected chi connectivity index (χ2v) is 7.22. The summed E-state index contributed by atoms with van der Waals surface area (Å²) < 4.78 is 11.8. The number of guanidine groups is 1. The molecule has 0 amide bonds. The fourth-order valence-electron chi connectivity index (χ4n) is 3.97. The van der Waals surface area contributed by atoms with Gasteiger partial charge < -0.3 is 19.7 Å². The van der Waals surface area contributed by atoms with Crippen molar-refractivity contribution in [2.24, 2.45) is 10.4 Å². The van der Waals surface area contributed by atoms with Crippen molar-refractivity contribution in [1.29, 1.82) is 0 Å². The summed E-state index contributed by atoms with van der Waals surface area (Å²) in [5.74, 6) is 2.68. The molecule has 1 unspecified atom stereocenters. The van der Waals surface area contributed by atoms with Crippen molar-refractivity contribution in [2.45, 2.75) is 38.7 Å². The molecule has 2 fully saturated rings. The molecule has 1 N–H and O–H groups in total. The van der Waals surface area contributed by atoms with E-state index in [1.165, 1.54) is 25.7 Å². The minimum atomic E-state index is -0.0196. The fourth-order valence-corrected chi connectivity index (χ4v) is 3.97. The molecule has 130 valence electrons. The average molecular weight is 329 g/mol. The van der Waals surface area contributed by atoms with E-state index >= 15 is 0 Å². The summed E-state index contributed by atoms with van der Waals surface area (Å²) in [6, 6.07) is 7.84. The van der Waals surface area contributed by atoms with Crippen LogP contribution in [0.1, 0.15) is 32.6 Å². The van der Waals surface area contributed by atoms with Crippen molar-refractivity contribution in [1.82, 2.24) is 10.2 Å². The lowest BCUT2D eigenvalue weighted by molar-refractivity contribution is 0.0968. The standard InChI is InChI=1S/C19H27N3O2/c1-2-20-18(22-11-10-19(14-22)8-5-9-19)21-12-15-13-23-16-6-3-4-7-17(16)24-15/h3-4,6-7,15H,2,5,8-14H2,1H3,(H,20,21). The Morgan fingerprint density at radius 3 is 2.83 bits per heavy atom. The first-order valence-corrected chi connectivity index (χ1v) is 9.20. The maximum absolute atomic E-state index is 6.02. The number of fused-ring (bicyclic) bond motifs is 1. The number of hydrogen-bond donors (Lipinski definition) is 1. The summed E-state index contributed by atoms with van der Waals surface area (Å²) in [5.41, 5.74) is 0.583. The molecule has 1 saturated heterocycles. The molecule has 1 spiro atoms. The number of aliphatic imine (C=N–C) groups is 1. The molecule has 3 aliphatic rings. The molecule has 1 aromatic carbocycles. The number of benzene rings is 1. The number of nitrogens with zero attached hydrogens (tertiary/aromatic N) is 2. The van der Waals surface area contributed by atoms with E-state index in [9.17, 15) is 0 Å². The van der Waals surface area contributed by atoms with Crippen LogP contribution in [-0.2, 0) is 0 Å². The molecular weight excluding hydrogens is 302 g/mol. The van der Waals surface area contributed by atoms with Gasteiger partial charge in [-0.3, -0.25) is 0 Å². The molecule has 1 aliphatic carbocycles. The van der Waals surface area contributed by atoms with Crippen molar-refractivity contribution < 1.29 is 9.47 Å². The zero-order valence-corrected chi connectivity index (χ0v) is 14.5. The Hall–Kier alpha value is -1.91. The first-order valence-electron chi connectivity index (χ1n) is 9.20. The first kappa shape index (κ1) is 15.6. The zero-order valence-electron chi connectivity index (χ0n) is 14.5. The highest BCUT2D eigenvalue weighted by molar-refractivity contribution is 5.80. The predicted molar refractivity (Wildman–Crippen MR) is 94.8 cm³/mol. The first-order chi connectivity index (χ1) is 11.8. The van der Waals surface area contributed by atoms with Gasteiger partial charge in [0.2, 0.25) is 0 Å². The molecule has 4 rings (SSSR count). The third kappa shape index (κ3) is 3.04. The molecule has 0 bridgehead atoms. The SMILES string of the molecule is CCNC(=NCC1COc2ccccc2O1)N1CCC2(CCC2)C1. The lowest BCUT2D eigenvalue weighted by Gasteiger charge is -2.38. The van der Waals surface area contributed by atoms with Crippen molar-refractivity contribution in [2.75, 3.05) is 32.8 Å². The molecule has 5 heteroatoms. The zero-order chi connectivity index (χ0) is 16.4. The van der Waals surface area contributed by atoms with Gasteiger partial charge in [-0.05, 0) is 43.7 Å². The van der Waals surface area contributed by atoms with Crippen LogP contribution >= 0.6 is 0 Å². The molecule has 1 atom stereocenters. The fraction of sp³-hybridized carbons (Fsp3) is 0.632. The third-order valence-corrected chi connectivity index (χ3v) is 5.50. The van der Waals surface area contributed by atoms with Crippen LogP contribution in [0.5, 0.6) is 11.5 Å². The number of para-hydroxylation sites is 2. The minimum Gasteiger partial charge on any atom is -0.486 e. The molecule has 0 aromatic heterocycles. The second-order valence-electron chi connectivity index (χ2n) is 7.22. The normalized spacial score (nSPS) is 24.8. The minimum absolute atomic E-state index is 0.0196. The average Bonchev–Trinajstić information content (AvgIpc) is 3.04. The third-order valence-electron chi connectivity index (χ3n) is 5.50. The van der Waals surface area contributed by atoms with Gasteiger partial charge in [0.05, 0.1) is 6.54 Å². The number of likely N-dealkylation sites (tertiary alicyclic amines) is 1. The Bertz CT molecular complexity index is 612. The molecule has 2 heterocycles. The Morgan fingerprint density at radius 2 is 2.12 bits per heavy atom. The van der Waals surface area contributed by atoms with Crippen LogP contribution in [0.3, 0.4) is 0 Å². The van der Waals surface area contributed by atoms with Crippen molar-refractivity contribution in [3.05, 3.63) is 24.3 Å². The Balaban J connectivity index is 1.39. The Kier molecular flexibility index (Phi) is 4.25. The smallest absolute Gasteiger partial charge is 0.194 e. The number of hydrogen-bond acceptors (Lipinski definition) is 3. The highest BCUT2D eigenvalue weighted by atomic mass is 16.6. The largest absolute Gasteiger partial charge is 0.486 e. The lowest BCUT2D eigenvalue weighted by Crippen LogP contribution is -2.43. The maximum atomic E-state index is 6.02. The second kappa shape index (κ2) is 6.54. The van der Waals surface area contributed by atoms with Crippen LogP contribution in [0.4, 0.5) is 0 Å². The Labute approximate surface area is 144 Å². The van der Waals surface area contributed by atoms with Gasteiger partial charge in [0.1, 0.15) is 6.61 Å². The van der Waals surface area contributed by atoms with Gasteiger partial charge in [-0.15, -0.1) is 0 Å². The van der Waals surface area contributed by atoms with Gasteiger partial charge in [0.25, 0.3) is 0 Å². The van der Waals surface area contributed by atoms with Gasteiger partial charge in [0, 0.05) is 19.6 Å². The van der Waals surface area contributed by atoms with Crippen molar-refractivity contribution in [3.63, 3.8) is 0 Å². The van der Waals surface area contributed by atoms with Crippen molar-refractivity contribution >= 4 is 5.96 Å². The number of nitrogens with one attached hydrogen (secondary N) is 1. The monoisotopic (exact) mass is 329 g/mol. The molecular formula is C19H27N3O2. The summed E-state index contributed by atoms with van der Waals surface area (Å²) in [5, 5.41) is 3.45. The van der Waals surface area contributed by atoms with Crippen LogP contribution < -0.4 is 14.8 Å². The summed E-state index contributed by atoms with van der Waals surface area (Å²) in [6.45, 7) is 6.48. The van der Waals surface area contributed by atoms with Crippen LogP contribution in [0.15, 0.2) is 29.3 Å². The Morgan fingerprint density at radius 1 is 1.29 bits per heavy atom. The molecule has 24 heavy (non-hydrogen) atoms. The van der Waals surface area contributed by atoms with Crippen LogP contribution in [0.2, 0.25) is 0 Å². The number of ether oxygens (including phenoxy) is 2. The van der Waals surface area contributed by atoms with Gasteiger partial charge in [-0.25, -0.2) is 4.99 Å². The van der Waals surface area contributed by atoms with E-state index in [0.29, 0.717) is 18.6 Å². The van der Waals surface area contributed by atoms with Gasteiger partial charge in [-0.1, -0.05) is 18.6 Å². The topological polar surface area (TPSA) is 46.1 Å². The molecule has 1 saturated carbocycles. The van der Waals surface area contributed by atoms with E-state index in [2.05, 4.69) is 17.1 Å². The van der Waals surface area contributed by atoms with Crippen molar-refractivity contribution in [3.8, 4) is 11.5 Å². The summed E-state index contributed by atoms with van der Waals surface area (Å²) >= 11 is 0. The van der Waals surface area contributed by atoms with E-state index < -0.39 is 0 Å². The number of rotatable bonds is 3. The summed E-state index contributed by atoms with van der Waals surface area (Å²) in [6.07, 6.45) is 5.47. The maximum Gasteiger partial charge on any atom is 0.194 e. The highest BCUT2D eigenvalue weighted by Gasteiger charge is 2.43. The van der Waals surface area contributed by atoms with E-state index in [0.717, 1.165) is 37.1 Å². The summed E-state index contributed by atoms with van der Waals surface area (Å²) in [7, 11) is 0. The van der Waals surface area contributed by atoms with E-state index in [-0.39, 0.29) is 6.10 Å². The van der Waals surface area contributed by atoms with E-state index in [1.807, 2.05) is 24.3 Å².